The van der Waals surface area contributed by atoms with Crippen molar-refractivity contribution in [3.05, 3.63) is 29.8 Å². The second-order valence-corrected chi connectivity index (χ2v) is 4.55. The molecular formula is C14H19N3O5. The predicted octanol–water partition coefficient (Wildman–Crippen LogP) is -0.944. The van der Waals surface area contributed by atoms with Gasteiger partial charge in [-0.2, -0.15) is 0 Å². The first kappa shape index (κ1) is 17.4. The number of rotatable bonds is 8. The summed E-state index contributed by atoms with van der Waals surface area (Å²) < 4.78 is 10.5. The molecule has 0 aliphatic rings. The van der Waals surface area contributed by atoms with E-state index >= 15 is 0 Å². The molecular weight excluding hydrogens is 290 g/mol. The van der Waals surface area contributed by atoms with E-state index < -0.39 is 29.9 Å². The number of ether oxygens (including phenoxy) is 2. The number of nitrogens with one attached hydrogen (secondary N) is 1. The molecule has 0 saturated carbocycles. The molecule has 8 nitrogen and oxygen atoms in total. The lowest BCUT2D eigenvalue weighted by Gasteiger charge is -2.17. The van der Waals surface area contributed by atoms with E-state index in [4.69, 9.17) is 20.9 Å². The van der Waals surface area contributed by atoms with Gasteiger partial charge in [-0.05, 0) is 24.6 Å². The van der Waals surface area contributed by atoms with E-state index in [0.717, 1.165) is 5.56 Å². The fourth-order valence-corrected chi connectivity index (χ4v) is 1.60. The number of hydrogen-bond donors (Lipinski definition) is 3. The van der Waals surface area contributed by atoms with Crippen LogP contribution in [0.25, 0.3) is 0 Å². The van der Waals surface area contributed by atoms with Crippen LogP contribution in [0.15, 0.2) is 24.3 Å². The second kappa shape index (κ2) is 7.99. The average Bonchev–Trinajstić information content (AvgIpc) is 2.49. The summed E-state index contributed by atoms with van der Waals surface area (Å²) in [5.74, 6) is -2.05. The summed E-state index contributed by atoms with van der Waals surface area (Å²) in [6.07, 6.45) is -0.896. The molecule has 0 spiro atoms. The zero-order valence-electron chi connectivity index (χ0n) is 12.4. The molecule has 0 radical (unpaired) electrons. The predicted molar refractivity (Wildman–Crippen MR) is 77.6 cm³/mol. The third-order valence-electron chi connectivity index (χ3n) is 2.86. The Hall–Kier alpha value is -2.61. The van der Waals surface area contributed by atoms with Crippen molar-refractivity contribution in [3.63, 3.8) is 0 Å². The maximum Gasteiger partial charge on any atom is 0.249 e. The van der Waals surface area contributed by atoms with E-state index in [1.807, 2.05) is 6.07 Å². The third-order valence-corrected chi connectivity index (χ3v) is 2.86. The van der Waals surface area contributed by atoms with Crippen LogP contribution in [0, 0.1) is 0 Å². The summed E-state index contributed by atoms with van der Waals surface area (Å²) in [6.45, 7) is 1.64. The third kappa shape index (κ3) is 5.06. The van der Waals surface area contributed by atoms with Crippen LogP contribution in [-0.4, -0.2) is 37.0 Å². The molecule has 3 amide bonds. The fraction of sp³-hybridized carbons (Fsp3) is 0.357. The van der Waals surface area contributed by atoms with E-state index in [1.165, 1.54) is 6.92 Å². The molecule has 1 aromatic carbocycles. The van der Waals surface area contributed by atoms with Crippen molar-refractivity contribution in [2.24, 2.45) is 11.5 Å². The van der Waals surface area contributed by atoms with E-state index in [2.05, 4.69) is 5.32 Å². The van der Waals surface area contributed by atoms with Gasteiger partial charge >= 0.3 is 0 Å². The zero-order chi connectivity index (χ0) is 16.7. The Bertz CT molecular complexity index is 547. The van der Waals surface area contributed by atoms with Gasteiger partial charge < -0.3 is 26.3 Å². The summed E-state index contributed by atoms with van der Waals surface area (Å²) in [6, 6.07) is 5.58. The molecule has 0 fully saturated rings. The first-order valence-electron chi connectivity index (χ1n) is 6.48. The van der Waals surface area contributed by atoms with Crippen molar-refractivity contribution in [2.45, 2.75) is 25.7 Å². The molecule has 1 atom stereocenters. The van der Waals surface area contributed by atoms with Crippen LogP contribution in [-0.2, 0) is 25.7 Å². The van der Waals surface area contributed by atoms with Crippen molar-refractivity contribution in [3.8, 4) is 5.75 Å². The number of nitrogens with two attached hydrogens (primary N) is 2. The van der Waals surface area contributed by atoms with E-state index in [0.29, 0.717) is 5.75 Å². The average molecular weight is 309 g/mol. The van der Waals surface area contributed by atoms with E-state index in [9.17, 15) is 14.4 Å². The highest BCUT2D eigenvalue weighted by Gasteiger charge is 2.26. The number of hydrogen-bond acceptors (Lipinski definition) is 5. The van der Waals surface area contributed by atoms with Gasteiger partial charge in [-0.15, -0.1) is 0 Å². The number of primary amides is 2. The highest BCUT2D eigenvalue weighted by atomic mass is 16.5. The Kier molecular flexibility index (Phi) is 6.33. The summed E-state index contributed by atoms with van der Waals surface area (Å²) >= 11 is 0. The molecule has 120 valence electrons. The van der Waals surface area contributed by atoms with Gasteiger partial charge in [-0.25, -0.2) is 0 Å². The molecule has 0 aliphatic carbocycles. The molecule has 8 heteroatoms. The van der Waals surface area contributed by atoms with Gasteiger partial charge in [-0.3, -0.25) is 14.4 Å². The first-order valence-corrected chi connectivity index (χ1v) is 6.48. The van der Waals surface area contributed by atoms with Crippen molar-refractivity contribution in [2.75, 3.05) is 7.11 Å². The van der Waals surface area contributed by atoms with E-state index in [1.54, 1.807) is 25.3 Å². The topological polar surface area (TPSA) is 134 Å². The summed E-state index contributed by atoms with van der Waals surface area (Å²) in [5.41, 5.74) is 10.8. The highest BCUT2D eigenvalue weighted by molar-refractivity contribution is 6.05. The molecule has 0 heterocycles. The smallest absolute Gasteiger partial charge is 0.249 e. The molecule has 5 N–H and O–H groups in total. The number of carbonyl (C=O) groups excluding carboxylic acids is 3. The Balaban J connectivity index is 2.56. The Morgan fingerprint density at radius 3 is 2.41 bits per heavy atom. The molecule has 0 bridgehead atoms. The van der Waals surface area contributed by atoms with Gasteiger partial charge in [0.1, 0.15) is 11.9 Å². The minimum atomic E-state index is -1.56. The van der Waals surface area contributed by atoms with Crippen LogP contribution in [0.1, 0.15) is 12.5 Å². The van der Waals surface area contributed by atoms with Crippen molar-refractivity contribution in [1.82, 2.24) is 5.32 Å². The Morgan fingerprint density at radius 1 is 1.23 bits per heavy atom. The summed E-state index contributed by atoms with van der Waals surface area (Å²) in [4.78, 5) is 33.8. The van der Waals surface area contributed by atoms with Crippen LogP contribution in [0.3, 0.4) is 0 Å². The normalized spacial score (nSPS) is 11.8. The molecule has 0 aliphatic heterocycles. The Morgan fingerprint density at radius 2 is 1.86 bits per heavy atom. The van der Waals surface area contributed by atoms with Crippen molar-refractivity contribution in [1.29, 1.82) is 0 Å². The van der Waals surface area contributed by atoms with Crippen LogP contribution in [0.4, 0.5) is 0 Å². The van der Waals surface area contributed by atoms with Crippen molar-refractivity contribution >= 4 is 17.7 Å². The van der Waals surface area contributed by atoms with Gasteiger partial charge in [0.25, 0.3) is 0 Å². The van der Waals surface area contributed by atoms with Crippen LogP contribution in [0.5, 0.6) is 5.75 Å². The van der Waals surface area contributed by atoms with Gasteiger partial charge in [0.05, 0.1) is 13.7 Å². The number of amides is 3. The monoisotopic (exact) mass is 309 g/mol. The van der Waals surface area contributed by atoms with Gasteiger partial charge in [0, 0.05) is 0 Å². The van der Waals surface area contributed by atoms with Gasteiger partial charge in [0.2, 0.25) is 17.7 Å². The molecule has 0 saturated heterocycles. The molecule has 0 unspecified atom stereocenters. The largest absolute Gasteiger partial charge is 0.497 e. The molecule has 1 aromatic rings. The minimum Gasteiger partial charge on any atom is -0.497 e. The van der Waals surface area contributed by atoms with Gasteiger partial charge in [0.15, 0.2) is 6.04 Å². The SMILES string of the molecule is COc1cccc(CO[C@@H](C)C(=O)NC(C(N)=O)C(N)=O)c1. The Labute approximate surface area is 127 Å². The van der Waals surface area contributed by atoms with Crippen LogP contribution >= 0.6 is 0 Å². The second-order valence-electron chi connectivity index (χ2n) is 4.55. The van der Waals surface area contributed by atoms with Crippen LogP contribution in [0.2, 0.25) is 0 Å². The number of benzene rings is 1. The van der Waals surface area contributed by atoms with Gasteiger partial charge in [-0.1, -0.05) is 12.1 Å². The molecule has 0 aromatic heterocycles. The lowest BCUT2D eigenvalue weighted by Crippen LogP contribution is -2.54. The maximum atomic E-state index is 11.8. The molecule has 22 heavy (non-hydrogen) atoms. The standard InChI is InChI=1S/C14H19N3O5/c1-8(14(20)17-11(12(15)18)13(16)19)22-7-9-4-3-5-10(6-9)21-2/h3-6,8,11H,7H2,1-2H3,(H2,15,18)(H2,16,19)(H,17,20)/t8-/m0/s1. The minimum absolute atomic E-state index is 0.156. The quantitative estimate of drug-likeness (QED) is 0.533. The number of carbonyl (C=O) groups is 3. The van der Waals surface area contributed by atoms with Crippen LogP contribution < -0.4 is 21.5 Å². The zero-order valence-corrected chi connectivity index (χ0v) is 12.4. The van der Waals surface area contributed by atoms with E-state index in [-0.39, 0.29) is 6.61 Å². The maximum absolute atomic E-state index is 11.8. The number of methoxy groups -OCH3 is 1. The molecule has 1 rings (SSSR count). The van der Waals surface area contributed by atoms with Crippen molar-refractivity contribution < 1.29 is 23.9 Å². The highest BCUT2D eigenvalue weighted by Crippen LogP contribution is 2.13. The lowest BCUT2D eigenvalue weighted by molar-refractivity contribution is -0.139. The summed E-state index contributed by atoms with van der Waals surface area (Å²) in [7, 11) is 1.55. The fourth-order valence-electron chi connectivity index (χ4n) is 1.60. The lowest BCUT2D eigenvalue weighted by atomic mass is 10.2. The summed E-state index contributed by atoms with van der Waals surface area (Å²) in [5, 5.41) is 2.14. The first-order chi connectivity index (χ1) is 10.3.